The van der Waals surface area contributed by atoms with E-state index in [0.29, 0.717) is 0 Å². The van der Waals surface area contributed by atoms with Gasteiger partial charge in [-0.25, -0.2) is 0 Å². The zero-order valence-electron chi connectivity index (χ0n) is 4.05. The molecule has 0 bridgehead atoms. The summed E-state index contributed by atoms with van der Waals surface area (Å²) in [4.78, 5) is 16.5. The maximum absolute atomic E-state index is 8.25. The van der Waals surface area contributed by atoms with E-state index < -0.39 is 10.2 Å². The summed E-state index contributed by atoms with van der Waals surface area (Å²) in [7, 11) is 0. The minimum absolute atomic E-state index is 0. The molecular formula is HCaN2NaO6. The van der Waals surface area contributed by atoms with E-state index in [-0.39, 0.29) is 67.3 Å². The summed E-state index contributed by atoms with van der Waals surface area (Å²) in [5, 5.41) is 29.5. The van der Waals surface area contributed by atoms with Crippen LogP contribution < -0.4 is 0 Å². The molecule has 10 heteroatoms. The molecule has 0 rings (SSSR count). The van der Waals surface area contributed by atoms with Crippen molar-refractivity contribution in [2.45, 2.75) is 0 Å². The van der Waals surface area contributed by atoms with Gasteiger partial charge in [-0.3, -0.25) is 0 Å². The van der Waals surface area contributed by atoms with E-state index in [0.717, 1.165) is 0 Å². The Labute approximate surface area is 107 Å². The van der Waals surface area contributed by atoms with E-state index in [1.807, 2.05) is 0 Å². The molecule has 10 heavy (non-hydrogen) atoms. The van der Waals surface area contributed by atoms with Crippen LogP contribution in [0.15, 0.2) is 0 Å². The molecule has 0 radical (unpaired) electrons. The summed E-state index contributed by atoms with van der Waals surface area (Å²) in [5.41, 5.74) is 0. The average molecular weight is 188 g/mol. The molecule has 0 saturated heterocycles. The first kappa shape index (κ1) is 22.4. The van der Waals surface area contributed by atoms with Crippen LogP contribution in [0.25, 0.3) is 0 Å². The molecule has 0 aromatic carbocycles. The van der Waals surface area contributed by atoms with Gasteiger partial charge in [-0.1, -0.05) is 0 Å². The molecular weight excluding hydrogens is 187 g/mol. The number of nitrogens with zero attached hydrogens (tertiary/aromatic N) is 2. The first-order chi connectivity index (χ1) is 3.46. The fraction of sp³-hybridized carbons (Fsp3) is 0. The Morgan fingerprint density at radius 2 is 0.800 bits per heavy atom. The molecule has 0 atom stereocenters. The van der Waals surface area contributed by atoms with Crippen molar-refractivity contribution in [3.05, 3.63) is 30.6 Å². The van der Waals surface area contributed by atoms with Crippen LogP contribution in [0.4, 0.5) is 0 Å². The fourth-order valence-electron chi connectivity index (χ4n) is 0. The van der Waals surface area contributed by atoms with E-state index in [1.165, 1.54) is 0 Å². The second-order valence-corrected chi connectivity index (χ2v) is 0.447. The monoisotopic (exact) mass is 188 g/mol. The fourth-order valence-corrected chi connectivity index (χ4v) is 0. The third-order valence-electron chi connectivity index (χ3n) is 0. The van der Waals surface area contributed by atoms with E-state index in [2.05, 4.69) is 0 Å². The first-order valence-electron chi connectivity index (χ1n) is 1.10. The van der Waals surface area contributed by atoms with Crippen LogP contribution in [0.1, 0.15) is 0 Å². The molecule has 0 N–H and O–H groups in total. The van der Waals surface area contributed by atoms with Gasteiger partial charge in [0.2, 0.25) is 0 Å². The van der Waals surface area contributed by atoms with E-state index in [4.69, 9.17) is 30.6 Å². The Kier molecular flexibility index (Phi) is 36.6. The topological polar surface area (TPSA) is 132 Å². The van der Waals surface area contributed by atoms with Crippen LogP contribution in [0, 0.1) is 30.6 Å². The van der Waals surface area contributed by atoms with Gasteiger partial charge in [-0.15, -0.1) is 0 Å². The molecule has 0 aliphatic heterocycles. The Bertz CT molecular complexity index is 73.7. The summed E-state index contributed by atoms with van der Waals surface area (Å²) in [6.07, 6.45) is 0. The molecule has 0 aliphatic rings. The second-order valence-electron chi connectivity index (χ2n) is 0.447. The Hall–Kier alpha value is 0.660. The van der Waals surface area contributed by atoms with Crippen molar-refractivity contribution in [2.24, 2.45) is 0 Å². The summed E-state index contributed by atoms with van der Waals surface area (Å²) in [5.74, 6) is 0. The standard InChI is InChI=1S/Ca.2NO3.Na.H/c;2*2-1(3)4;;/q+2;2*-1;;. The van der Waals surface area contributed by atoms with Crippen molar-refractivity contribution in [3.63, 3.8) is 0 Å². The first-order valence-corrected chi connectivity index (χ1v) is 1.10. The molecule has 0 aromatic rings. The van der Waals surface area contributed by atoms with E-state index in [9.17, 15) is 0 Å². The van der Waals surface area contributed by atoms with E-state index in [1.54, 1.807) is 0 Å². The quantitative estimate of drug-likeness (QED) is 0.258. The summed E-state index contributed by atoms with van der Waals surface area (Å²) in [6, 6.07) is 0. The molecule has 0 fully saturated rings. The zero-order chi connectivity index (χ0) is 7.15. The van der Waals surface area contributed by atoms with Gasteiger partial charge < -0.3 is 30.6 Å². The molecule has 8 nitrogen and oxygen atoms in total. The molecule has 0 amide bonds. The number of hydrogen-bond donors (Lipinski definition) is 0. The molecule has 0 spiro atoms. The zero-order valence-corrected chi connectivity index (χ0v) is 6.26. The number of rotatable bonds is 0. The van der Waals surface area contributed by atoms with Crippen LogP contribution in [-0.4, -0.2) is 77.5 Å². The Morgan fingerprint density at radius 3 is 0.800 bits per heavy atom. The van der Waals surface area contributed by atoms with Crippen molar-refractivity contribution in [3.8, 4) is 0 Å². The molecule has 0 aliphatic carbocycles. The molecule has 0 heterocycles. The van der Waals surface area contributed by atoms with Gasteiger partial charge in [0.05, 0.1) is 10.2 Å². The normalized spacial score (nSPS) is 4.80. The molecule has 0 unspecified atom stereocenters. The van der Waals surface area contributed by atoms with Crippen LogP contribution in [0.3, 0.4) is 0 Å². The van der Waals surface area contributed by atoms with Gasteiger partial charge in [-0.05, 0) is 0 Å². The number of hydrogen-bond acceptors (Lipinski definition) is 6. The summed E-state index contributed by atoms with van der Waals surface area (Å²) in [6.45, 7) is 0. The third kappa shape index (κ3) is 1170. The van der Waals surface area contributed by atoms with Crippen molar-refractivity contribution in [2.75, 3.05) is 0 Å². The Balaban J connectivity index is -0.0000000300. The predicted octanol–water partition coefficient (Wildman–Crippen LogP) is -1.51. The molecule has 50 valence electrons. The average Bonchev–Trinajstić information content (AvgIpc) is 1.25. The SMILES string of the molecule is O=[N+]([O-])[O-].O=[N+]([O-])[O-].[Ca+2].[NaH]. The molecule has 0 saturated carbocycles. The van der Waals surface area contributed by atoms with Crippen LogP contribution in [0.5, 0.6) is 0 Å². The van der Waals surface area contributed by atoms with Crippen molar-refractivity contribution >= 4 is 67.3 Å². The summed E-state index contributed by atoms with van der Waals surface area (Å²) >= 11 is 0. The van der Waals surface area contributed by atoms with Gasteiger partial charge in [0, 0.05) is 0 Å². The molecule has 0 aromatic heterocycles. The van der Waals surface area contributed by atoms with Gasteiger partial charge >= 0.3 is 67.3 Å². The Morgan fingerprint density at radius 1 is 0.800 bits per heavy atom. The van der Waals surface area contributed by atoms with Crippen LogP contribution in [-0.2, 0) is 0 Å². The van der Waals surface area contributed by atoms with Crippen molar-refractivity contribution in [1.82, 2.24) is 0 Å². The van der Waals surface area contributed by atoms with Crippen molar-refractivity contribution < 1.29 is 10.2 Å². The summed E-state index contributed by atoms with van der Waals surface area (Å²) < 4.78 is 0. The predicted molar refractivity (Wildman–Crippen MR) is 33.6 cm³/mol. The third-order valence-corrected chi connectivity index (χ3v) is 0. The van der Waals surface area contributed by atoms with E-state index >= 15 is 0 Å². The van der Waals surface area contributed by atoms with Gasteiger partial charge in [0.25, 0.3) is 0 Å². The van der Waals surface area contributed by atoms with Crippen molar-refractivity contribution in [1.29, 1.82) is 0 Å². The van der Waals surface area contributed by atoms with Crippen LogP contribution >= 0.6 is 0 Å². The van der Waals surface area contributed by atoms with Crippen LogP contribution in [0.2, 0.25) is 0 Å². The van der Waals surface area contributed by atoms with Gasteiger partial charge in [0.1, 0.15) is 0 Å². The minimum atomic E-state index is -1.75. The maximum atomic E-state index is 8.25. The van der Waals surface area contributed by atoms with Gasteiger partial charge in [-0.2, -0.15) is 0 Å². The second kappa shape index (κ2) is 16.3. The van der Waals surface area contributed by atoms with Gasteiger partial charge in [0.15, 0.2) is 0 Å².